The second-order valence-electron chi connectivity index (χ2n) is 8.77. The molecule has 2 rings (SSSR count). The summed E-state index contributed by atoms with van der Waals surface area (Å²) in [5.74, 6) is -0.830. The third kappa shape index (κ3) is 6.66. The average molecular weight is 427 g/mol. The second-order valence-corrected chi connectivity index (χ2v) is 8.77. The molecule has 1 aliphatic heterocycles. The van der Waals surface area contributed by atoms with Crippen LogP contribution in [0.5, 0.6) is 5.75 Å². The first kappa shape index (κ1) is 24.1. The number of hydrogen-bond donors (Lipinski definition) is 3. The summed E-state index contributed by atoms with van der Waals surface area (Å²) in [6.07, 6.45) is 4.05. The van der Waals surface area contributed by atoms with E-state index in [2.05, 4.69) is 5.32 Å². The molecule has 8 nitrogen and oxygen atoms in total. The van der Waals surface area contributed by atoms with E-state index in [1.54, 1.807) is 43.9 Å². The van der Waals surface area contributed by atoms with E-state index < -0.39 is 35.2 Å². The molecule has 0 radical (unpaired) electrons. The number of hydrogen-bond acceptors (Lipinski definition) is 6. The summed E-state index contributed by atoms with van der Waals surface area (Å²) in [5, 5.41) is 21.1. The summed E-state index contributed by atoms with van der Waals surface area (Å²) in [6.45, 7) is 5.89. The fraction of sp³-hybridized carbons (Fsp3) is 0.478. The van der Waals surface area contributed by atoms with Crippen molar-refractivity contribution in [2.75, 3.05) is 6.54 Å². The number of carbonyl (C=O) groups is 3. The highest BCUT2D eigenvalue weighted by Gasteiger charge is 2.39. The summed E-state index contributed by atoms with van der Waals surface area (Å²) in [6, 6.07) is 5.59. The summed E-state index contributed by atoms with van der Waals surface area (Å²) in [4.78, 5) is 40.0. The van der Waals surface area contributed by atoms with Crippen LogP contribution < -0.4 is 11.1 Å². The van der Waals surface area contributed by atoms with E-state index in [4.69, 9.17) is 11.0 Å². The molecule has 8 heteroatoms. The first-order valence-corrected chi connectivity index (χ1v) is 10.3. The van der Waals surface area contributed by atoms with Crippen LogP contribution in [0, 0.1) is 16.7 Å². The standard InChI is InChI=1S/C23H30N4O4/c1-23(2,3)22(31)27-12-4-5-19(27)21(30)26-18(13-16(25)14-24)20(29)11-8-15-6-9-17(28)10-7-15/h6-11,16,18-19,28H,4-5,12-13,25H2,1-3H3,(H,26,30)/b11-8+/t16?,18?,19-/m0/s1. The number of nitrogens with one attached hydrogen (secondary N) is 1. The number of nitrogens with zero attached hydrogens (tertiary/aromatic N) is 2. The van der Waals surface area contributed by atoms with Gasteiger partial charge in [0.05, 0.1) is 18.2 Å². The smallest absolute Gasteiger partial charge is 0.243 e. The quantitative estimate of drug-likeness (QED) is 0.568. The van der Waals surface area contributed by atoms with Gasteiger partial charge in [-0.05, 0) is 36.6 Å². The Morgan fingerprint density at radius 1 is 1.32 bits per heavy atom. The first-order valence-electron chi connectivity index (χ1n) is 10.3. The maximum Gasteiger partial charge on any atom is 0.243 e. The Labute approximate surface area is 182 Å². The Morgan fingerprint density at radius 3 is 2.55 bits per heavy atom. The Hall–Kier alpha value is -3.18. The van der Waals surface area contributed by atoms with Crippen LogP contribution in [0.3, 0.4) is 0 Å². The van der Waals surface area contributed by atoms with Crippen LogP contribution in [0.2, 0.25) is 0 Å². The topological polar surface area (TPSA) is 137 Å². The minimum Gasteiger partial charge on any atom is -0.508 e. The number of aromatic hydroxyl groups is 1. The van der Waals surface area contributed by atoms with E-state index in [0.717, 1.165) is 0 Å². The molecular weight excluding hydrogens is 396 g/mol. The number of likely N-dealkylation sites (tertiary alicyclic amines) is 1. The molecule has 0 aliphatic carbocycles. The van der Waals surface area contributed by atoms with Crippen LogP contribution in [0.1, 0.15) is 45.6 Å². The highest BCUT2D eigenvalue weighted by atomic mass is 16.3. The van der Waals surface area contributed by atoms with E-state index >= 15 is 0 Å². The average Bonchev–Trinajstić information content (AvgIpc) is 3.21. The molecule has 1 fully saturated rings. The van der Waals surface area contributed by atoms with E-state index in [9.17, 15) is 19.5 Å². The molecule has 166 valence electrons. The second kappa shape index (κ2) is 10.2. The third-order valence-electron chi connectivity index (χ3n) is 5.11. The monoisotopic (exact) mass is 426 g/mol. The van der Waals surface area contributed by atoms with Gasteiger partial charge in [-0.2, -0.15) is 5.26 Å². The lowest BCUT2D eigenvalue weighted by Gasteiger charge is -2.31. The lowest BCUT2D eigenvalue weighted by molar-refractivity contribution is -0.145. The summed E-state index contributed by atoms with van der Waals surface area (Å²) >= 11 is 0. The molecule has 1 aromatic rings. The van der Waals surface area contributed by atoms with Crippen LogP contribution in [-0.4, -0.2) is 52.3 Å². The van der Waals surface area contributed by atoms with E-state index in [0.29, 0.717) is 24.9 Å². The first-order chi connectivity index (χ1) is 14.5. The Morgan fingerprint density at radius 2 is 1.97 bits per heavy atom. The molecule has 1 aromatic carbocycles. The van der Waals surface area contributed by atoms with Gasteiger partial charge in [0.2, 0.25) is 11.8 Å². The molecule has 1 saturated heterocycles. The van der Waals surface area contributed by atoms with Gasteiger partial charge in [-0.15, -0.1) is 0 Å². The maximum absolute atomic E-state index is 13.0. The van der Waals surface area contributed by atoms with Crippen molar-refractivity contribution in [3.05, 3.63) is 35.9 Å². The van der Waals surface area contributed by atoms with Crippen molar-refractivity contribution in [2.24, 2.45) is 11.1 Å². The zero-order chi connectivity index (χ0) is 23.2. The Bertz CT molecular complexity index is 880. The van der Waals surface area contributed by atoms with Crippen LogP contribution in [0.4, 0.5) is 0 Å². The molecule has 0 saturated carbocycles. The number of phenolic OH excluding ortho intramolecular Hbond substituents is 1. The molecule has 2 amide bonds. The fourth-order valence-corrected chi connectivity index (χ4v) is 3.41. The fourth-order valence-electron chi connectivity index (χ4n) is 3.41. The zero-order valence-corrected chi connectivity index (χ0v) is 18.2. The van der Waals surface area contributed by atoms with Crippen LogP contribution in [-0.2, 0) is 14.4 Å². The molecular formula is C23H30N4O4. The van der Waals surface area contributed by atoms with Crippen molar-refractivity contribution in [2.45, 2.75) is 58.2 Å². The van der Waals surface area contributed by atoms with Crippen molar-refractivity contribution < 1.29 is 19.5 Å². The van der Waals surface area contributed by atoms with Gasteiger partial charge in [-0.25, -0.2) is 0 Å². The van der Waals surface area contributed by atoms with Gasteiger partial charge in [0.1, 0.15) is 11.8 Å². The molecule has 0 aromatic heterocycles. The number of carbonyl (C=O) groups excluding carboxylic acids is 3. The van der Waals surface area contributed by atoms with E-state index in [-0.39, 0.29) is 18.1 Å². The van der Waals surface area contributed by atoms with Crippen molar-refractivity contribution in [1.29, 1.82) is 5.26 Å². The lowest BCUT2D eigenvalue weighted by atomic mass is 9.94. The molecule has 4 N–H and O–H groups in total. The highest BCUT2D eigenvalue weighted by molar-refractivity contribution is 6.00. The van der Waals surface area contributed by atoms with Crippen molar-refractivity contribution in [3.8, 4) is 11.8 Å². The van der Waals surface area contributed by atoms with Crippen LogP contribution >= 0.6 is 0 Å². The number of nitriles is 1. The minimum absolute atomic E-state index is 0.0407. The lowest BCUT2D eigenvalue weighted by Crippen LogP contribution is -2.53. The zero-order valence-electron chi connectivity index (χ0n) is 18.2. The molecule has 1 aliphatic rings. The van der Waals surface area contributed by atoms with Gasteiger partial charge in [-0.1, -0.05) is 39.0 Å². The van der Waals surface area contributed by atoms with Gasteiger partial charge in [0.25, 0.3) is 0 Å². The van der Waals surface area contributed by atoms with Crippen molar-refractivity contribution in [1.82, 2.24) is 10.2 Å². The number of rotatable bonds is 7. The van der Waals surface area contributed by atoms with Crippen LogP contribution in [0.25, 0.3) is 6.08 Å². The Kier molecular flexibility index (Phi) is 7.95. The summed E-state index contributed by atoms with van der Waals surface area (Å²) < 4.78 is 0. The van der Waals surface area contributed by atoms with Crippen molar-refractivity contribution >= 4 is 23.7 Å². The van der Waals surface area contributed by atoms with Crippen molar-refractivity contribution in [3.63, 3.8) is 0 Å². The van der Waals surface area contributed by atoms with Crippen LogP contribution in [0.15, 0.2) is 30.3 Å². The molecule has 0 spiro atoms. The van der Waals surface area contributed by atoms with E-state index in [1.165, 1.54) is 18.2 Å². The molecule has 31 heavy (non-hydrogen) atoms. The maximum atomic E-state index is 13.0. The molecule has 0 bridgehead atoms. The number of benzene rings is 1. The molecule has 2 unspecified atom stereocenters. The summed E-state index contributed by atoms with van der Waals surface area (Å²) in [5.41, 5.74) is 5.79. The summed E-state index contributed by atoms with van der Waals surface area (Å²) in [7, 11) is 0. The number of nitrogens with two attached hydrogens (primary N) is 1. The van der Waals surface area contributed by atoms with Gasteiger partial charge in [-0.3, -0.25) is 14.4 Å². The number of phenols is 1. The van der Waals surface area contributed by atoms with Gasteiger partial charge in [0.15, 0.2) is 5.78 Å². The number of amides is 2. The largest absolute Gasteiger partial charge is 0.508 e. The normalized spacial score (nSPS) is 18.4. The minimum atomic E-state index is -0.984. The number of ketones is 1. The predicted molar refractivity (Wildman–Crippen MR) is 116 cm³/mol. The third-order valence-corrected chi connectivity index (χ3v) is 5.11. The van der Waals surface area contributed by atoms with Gasteiger partial charge < -0.3 is 21.1 Å². The highest BCUT2D eigenvalue weighted by Crippen LogP contribution is 2.25. The molecule has 3 atom stereocenters. The SMILES string of the molecule is CC(C)(C)C(=O)N1CCC[C@H]1C(=O)NC(CC(N)C#N)C(=O)/C=C/c1ccc(O)cc1. The Balaban J connectivity index is 2.14. The van der Waals surface area contributed by atoms with Gasteiger partial charge in [0, 0.05) is 18.4 Å². The van der Waals surface area contributed by atoms with E-state index in [1.807, 2.05) is 6.07 Å². The predicted octanol–water partition coefficient (Wildman–Crippen LogP) is 1.74. The molecule has 1 heterocycles. The van der Waals surface area contributed by atoms with Gasteiger partial charge >= 0.3 is 0 Å².